The molecule has 25 heavy (non-hydrogen) atoms. The Kier molecular flexibility index (Phi) is 3.76. The molecule has 1 heterocycles. The van der Waals surface area contributed by atoms with Gasteiger partial charge in [0.05, 0.1) is 0 Å². The Morgan fingerprint density at radius 1 is 1.08 bits per heavy atom. The fourth-order valence-corrected chi connectivity index (χ4v) is 3.36. The summed E-state index contributed by atoms with van der Waals surface area (Å²) in [5, 5.41) is 10.4. The monoisotopic (exact) mass is 336 g/mol. The predicted molar refractivity (Wildman–Crippen MR) is 92.0 cm³/mol. The van der Waals surface area contributed by atoms with E-state index in [1.54, 1.807) is 36.4 Å². The molecule has 0 spiro atoms. The van der Waals surface area contributed by atoms with Crippen molar-refractivity contribution in [3.8, 4) is 5.75 Å². The van der Waals surface area contributed by atoms with Gasteiger partial charge in [0.1, 0.15) is 11.3 Å². The third-order valence-corrected chi connectivity index (χ3v) is 4.53. The van der Waals surface area contributed by atoms with E-state index in [-0.39, 0.29) is 5.63 Å². The van der Waals surface area contributed by atoms with Gasteiger partial charge in [-0.15, -0.1) is 0 Å². The maximum atomic E-state index is 12.1. The van der Waals surface area contributed by atoms with Crippen LogP contribution in [0.2, 0.25) is 0 Å². The van der Waals surface area contributed by atoms with E-state index in [2.05, 4.69) is 0 Å². The molecule has 1 aliphatic carbocycles. The molecule has 0 unspecified atom stereocenters. The number of aliphatic carboxylic acids is 1. The zero-order chi connectivity index (χ0) is 17.4. The molecule has 0 saturated carbocycles. The van der Waals surface area contributed by atoms with Crippen molar-refractivity contribution in [2.45, 2.75) is 25.4 Å². The lowest BCUT2D eigenvalue weighted by molar-refractivity contribution is -0.145. The molecule has 0 amide bonds. The highest BCUT2D eigenvalue weighted by molar-refractivity contribution is 5.83. The first-order valence-corrected chi connectivity index (χ1v) is 8.16. The topological polar surface area (TPSA) is 76.7 Å². The van der Waals surface area contributed by atoms with Crippen molar-refractivity contribution in [1.82, 2.24) is 0 Å². The standard InChI is InChI=1S/C20H16O5/c21-19(22)18(12-5-2-1-3-6-12)24-13-9-10-15-14-7-4-8-16(14)20(23)25-17(15)11-13/h1-3,5-6,9-11,18H,4,7-8H2,(H,21,22)/t18-/m1/s1. The van der Waals surface area contributed by atoms with E-state index in [1.807, 2.05) is 12.1 Å². The number of carboxylic acids is 1. The highest BCUT2D eigenvalue weighted by atomic mass is 16.5. The normalized spacial score (nSPS) is 14.2. The molecule has 1 aliphatic rings. The van der Waals surface area contributed by atoms with Crippen LogP contribution in [0.3, 0.4) is 0 Å². The van der Waals surface area contributed by atoms with Gasteiger partial charge in [0.25, 0.3) is 0 Å². The average molecular weight is 336 g/mol. The van der Waals surface area contributed by atoms with Crippen LogP contribution in [0.15, 0.2) is 57.7 Å². The van der Waals surface area contributed by atoms with Gasteiger partial charge < -0.3 is 14.3 Å². The first-order chi connectivity index (χ1) is 12.1. The number of carboxylic acid groups (broad SMARTS) is 1. The molecule has 0 saturated heterocycles. The van der Waals surface area contributed by atoms with E-state index in [4.69, 9.17) is 9.15 Å². The van der Waals surface area contributed by atoms with Gasteiger partial charge in [0.15, 0.2) is 0 Å². The number of ether oxygens (including phenoxy) is 1. The summed E-state index contributed by atoms with van der Waals surface area (Å²) in [6, 6.07) is 13.9. The highest BCUT2D eigenvalue weighted by Crippen LogP contribution is 2.31. The number of fused-ring (bicyclic) bond motifs is 3. The maximum Gasteiger partial charge on any atom is 0.349 e. The minimum absolute atomic E-state index is 0.310. The van der Waals surface area contributed by atoms with Crippen molar-refractivity contribution in [2.24, 2.45) is 0 Å². The molecular weight excluding hydrogens is 320 g/mol. The largest absolute Gasteiger partial charge is 0.478 e. The summed E-state index contributed by atoms with van der Waals surface area (Å²) in [5.41, 5.74) is 2.46. The summed E-state index contributed by atoms with van der Waals surface area (Å²) in [6.45, 7) is 0. The van der Waals surface area contributed by atoms with Crippen molar-refractivity contribution in [1.29, 1.82) is 0 Å². The van der Waals surface area contributed by atoms with E-state index < -0.39 is 12.1 Å². The molecule has 1 N–H and O–H groups in total. The molecule has 0 bridgehead atoms. The molecule has 4 rings (SSSR count). The molecule has 0 fully saturated rings. The fourth-order valence-electron chi connectivity index (χ4n) is 3.36. The maximum absolute atomic E-state index is 12.1. The van der Waals surface area contributed by atoms with Gasteiger partial charge in [-0.05, 0) is 37.0 Å². The van der Waals surface area contributed by atoms with Crippen molar-refractivity contribution < 1.29 is 19.1 Å². The van der Waals surface area contributed by atoms with Gasteiger partial charge in [0, 0.05) is 22.6 Å². The molecule has 5 nitrogen and oxygen atoms in total. The Labute approximate surface area is 143 Å². The third kappa shape index (κ3) is 2.78. The molecule has 2 aromatic carbocycles. The van der Waals surface area contributed by atoms with Crippen LogP contribution in [0.5, 0.6) is 5.75 Å². The Bertz CT molecular complexity index is 1000. The summed E-state index contributed by atoms with van der Waals surface area (Å²) in [4.78, 5) is 23.7. The van der Waals surface area contributed by atoms with E-state index in [0.717, 1.165) is 35.8 Å². The summed E-state index contributed by atoms with van der Waals surface area (Å²) in [7, 11) is 0. The van der Waals surface area contributed by atoms with E-state index in [0.29, 0.717) is 16.9 Å². The Morgan fingerprint density at radius 2 is 1.84 bits per heavy atom. The number of rotatable bonds is 4. The fraction of sp³-hybridized carbons (Fsp3) is 0.200. The number of hydrogen-bond acceptors (Lipinski definition) is 4. The lowest BCUT2D eigenvalue weighted by Gasteiger charge is -2.16. The van der Waals surface area contributed by atoms with Crippen LogP contribution in [0, 0.1) is 0 Å². The Hall–Kier alpha value is -3.08. The minimum Gasteiger partial charge on any atom is -0.478 e. The predicted octanol–water partition coefficient (Wildman–Crippen LogP) is 3.49. The second-order valence-electron chi connectivity index (χ2n) is 6.10. The van der Waals surface area contributed by atoms with Crippen LogP contribution in [0.4, 0.5) is 0 Å². The van der Waals surface area contributed by atoms with Gasteiger partial charge >= 0.3 is 11.6 Å². The van der Waals surface area contributed by atoms with Gasteiger partial charge in [0.2, 0.25) is 6.10 Å². The van der Waals surface area contributed by atoms with Gasteiger partial charge in [-0.3, -0.25) is 0 Å². The van der Waals surface area contributed by atoms with Crippen molar-refractivity contribution >= 4 is 16.9 Å². The second-order valence-corrected chi connectivity index (χ2v) is 6.10. The number of aryl methyl sites for hydroxylation is 1. The van der Waals surface area contributed by atoms with Gasteiger partial charge in [-0.25, -0.2) is 9.59 Å². The number of hydrogen-bond donors (Lipinski definition) is 1. The van der Waals surface area contributed by atoms with Gasteiger partial charge in [-0.2, -0.15) is 0 Å². The van der Waals surface area contributed by atoms with Crippen LogP contribution in [0.25, 0.3) is 11.0 Å². The van der Waals surface area contributed by atoms with E-state index in [1.165, 1.54) is 0 Å². The molecule has 1 atom stereocenters. The Morgan fingerprint density at radius 3 is 2.60 bits per heavy atom. The zero-order valence-electron chi connectivity index (χ0n) is 13.4. The smallest absolute Gasteiger partial charge is 0.349 e. The molecule has 5 heteroatoms. The van der Waals surface area contributed by atoms with Crippen LogP contribution >= 0.6 is 0 Å². The molecule has 1 aromatic heterocycles. The quantitative estimate of drug-likeness (QED) is 0.738. The van der Waals surface area contributed by atoms with Crippen LogP contribution < -0.4 is 10.4 Å². The van der Waals surface area contributed by atoms with Crippen molar-refractivity contribution in [3.63, 3.8) is 0 Å². The lowest BCUT2D eigenvalue weighted by atomic mass is 10.1. The molecule has 0 aliphatic heterocycles. The van der Waals surface area contributed by atoms with Crippen LogP contribution in [-0.2, 0) is 17.6 Å². The number of carbonyl (C=O) groups is 1. The summed E-state index contributed by atoms with van der Waals surface area (Å²) in [5.74, 6) is -0.730. The second kappa shape index (κ2) is 6.09. The first kappa shape index (κ1) is 15.4. The van der Waals surface area contributed by atoms with Crippen molar-refractivity contribution in [3.05, 3.63) is 75.6 Å². The summed E-state index contributed by atoms with van der Waals surface area (Å²) in [6.07, 6.45) is 1.44. The average Bonchev–Trinajstić information content (AvgIpc) is 3.10. The Balaban J connectivity index is 1.73. The summed E-state index contributed by atoms with van der Waals surface area (Å²) < 4.78 is 11.1. The molecule has 0 radical (unpaired) electrons. The lowest BCUT2D eigenvalue weighted by Crippen LogP contribution is -2.18. The molecule has 3 aromatic rings. The number of benzene rings is 2. The zero-order valence-corrected chi connectivity index (χ0v) is 13.4. The van der Waals surface area contributed by atoms with Crippen LogP contribution in [0.1, 0.15) is 29.2 Å². The van der Waals surface area contributed by atoms with E-state index in [9.17, 15) is 14.7 Å². The van der Waals surface area contributed by atoms with Crippen LogP contribution in [-0.4, -0.2) is 11.1 Å². The van der Waals surface area contributed by atoms with Gasteiger partial charge in [-0.1, -0.05) is 30.3 Å². The third-order valence-electron chi connectivity index (χ3n) is 4.53. The molecular formula is C20H16O5. The highest BCUT2D eigenvalue weighted by Gasteiger charge is 2.23. The van der Waals surface area contributed by atoms with E-state index >= 15 is 0 Å². The van der Waals surface area contributed by atoms with Crippen molar-refractivity contribution in [2.75, 3.05) is 0 Å². The molecule has 126 valence electrons. The minimum atomic E-state index is -1.13. The summed E-state index contributed by atoms with van der Waals surface area (Å²) >= 11 is 0. The SMILES string of the molecule is O=C(O)[C@H](Oc1ccc2c3c(c(=O)oc2c1)CCC3)c1ccccc1. The first-order valence-electron chi connectivity index (χ1n) is 8.16.